The van der Waals surface area contributed by atoms with Crippen LogP contribution in [-0.4, -0.2) is 14.9 Å². The van der Waals surface area contributed by atoms with Crippen molar-refractivity contribution in [3.63, 3.8) is 0 Å². The molecule has 1 heterocycles. The van der Waals surface area contributed by atoms with Crippen LogP contribution in [-0.2, 0) is 26.7 Å². The monoisotopic (exact) mass is 279 g/mol. The third-order valence-corrected chi connectivity index (χ3v) is 3.65. The van der Waals surface area contributed by atoms with Gasteiger partial charge >= 0.3 is 0 Å². The van der Waals surface area contributed by atoms with Crippen molar-refractivity contribution < 1.29 is 5.11 Å². The molecule has 0 bridgehead atoms. The minimum Gasteiger partial charge on any atom is -0.392 e. The molecule has 0 radical (unpaired) electrons. The second-order valence-electron chi connectivity index (χ2n) is 4.51. The largest absolute Gasteiger partial charge is 0.392 e. The van der Waals surface area contributed by atoms with Crippen LogP contribution in [0.1, 0.15) is 22.4 Å². The zero-order valence-electron chi connectivity index (χ0n) is 11.2. The standard InChI is InChI=1S/C14H18ClN3O/c1-10-13(14(15)18(2)17-10)8-16-7-11-5-3-4-6-12(11)9-19/h3-6,16,19H,7-9H2,1-2H3. The number of nitrogens with zero attached hydrogens (tertiary/aromatic N) is 2. The minimum absolute atomic E-state index is 0.0600. The van der Waals surface area contributed by atoms with Gasteiger partial charge in [-0.2, -0.15) is 5.10 Å². The lowest BCUT2D eigenvalue weighted by Gasteiger charge is -2.08. The second-order valence-corrected chi connectivity index (χ2v) is 4.87. The number of halogens is 1. The van der Waals surface area contributed by atoms with Gasteiger partial charge in [0.15, 0.2) is 0 Å². The maximum atomic E-state index is 9.26. The molecule has 1 aromatic heterocycles. The van der Waals surface area contributed by atoms with Crippen LogP contribution in [0.25, 0.3) is 0 Å². The summed E-state index contributed by atoms with van der Waals surface area (Å²) < 4.78 is 1.68. The van der Waals surface area contributed by atoms with Gasteiger partial charge in [-0.1, -0.05) is 35.9 Å². The zero-order valence-corrected chi connectivity index (χ0v) is 11.9. The Kier molecular flexibility index (Phi) is 4.58. The van der Waals surface area contributed by atoms with E-state index in [4.69, 9.17) is 11.6 Å². The summed E-state index contributed by atoms with van der Waals surface area (Å²) in [6, 6.07) is 7.84. The zero-order chi connectivity index (χ0) is 13.8. The van der Waals surface area contributed by atoms with Gasteiger partial charge in [0.05, 0.1) is 12.3 Å². The summed E-state index contributed by atoms with van der Waals surface area (Å²) in [6.45, 7) is 3.37. The lowest BCUT2D eigenvalue weighted by atomic mass is 10.1. The van der Waals surface area contributed by atoms with E-state index in [2.05, 4.69) is 10.4 Å². The molecule has 5 heteroatoms. The van der Waals surface area contributed by atoms with Crippen molar-refractivity contribution in [3.05, 3.63) is 51.8 Å². The van der Waals surface area contributed by atoms with Gasteiger partial charge in [-0.15, -0.1) is 0 Å². The lowest BCUT2D eigenvalue weighted by Crippen LogP contribution is -2.14. The molecule has 1 aromatic carbocycles. The van der Waals surface area contributed by atoms with Crippen molar-refractivity contribution in [2.45, 2.75) is 26.6 Å². The highest BCUT2D eigenvalue weighted by molar-refractivity contribution is 6.30. The van der Waals surface area contributed by atoms with Crippen molar-refractivity contribution in [1.29, 1.82) is 0 Å². The summed E-state index contributed by atoms with van der Waals surface area (Å²) >= 11 is 6.17. The highest BCUT2D eigenvalue weighted by Gasteiger charge is 2.10. The summed E-state index contributed by atoms with van der Waals surface area (Å²) in [5, 5.41) is 17.5. The van der Waals surface area contributed by atoms with Gasteiger partial charge in [0, 0.05) is 25.7 Å². The first-order valence-corrected chi connectivity index (χ1v) is 6.57. The summed E-state index contributed by atoms with van der Waals surface area (Å²) in [7, 11) is 1.83. The van der Waals surface area contributed by atoms with Crippen molar-refractivity contribution in [2.24, 2.45) is 7.05 Å². The highest BCUT2D eigenvalue weighted by Crippen LogP contribution is 2.18. The average Bonchev–Trinajstić information content (AvgIpc) is 2.65. The van der Waals surface area contributed by atoms with E-state index in [1.807, 2.05) is 38.2 Å². The maximum absolute atomic E-state index is 9.26. The van der Waals surface area contributed by atoms with Crippen LogP contribution in [0, 0.1) is 6.92 Å². The number of aliphatic hydroxyl groups excluding tert-OH is 1. The van der Waals surface area contributed by atoms with Gasteiger partial charge in [-0.25, -0.2) is 0 Å². The number of aliphatic hydroxyl groups is 1. The Hall–Kier alpha value is -1.36. The van der Waals surface area contributed by atoms with Gasteiger partial charge in [-0.3, -0.25) is 4.68 Å². The van der Waals surface area contributed by atoms with Crippen LogP contribution in [0.3, 0.4) is 0 Å². The molecule has 19 heavy (non-hydrogen) atoms. The number of hydrogen-bond donors (Lipinski definition) is 2. The first-order chi connectivity index (χ1) is 9.13. The molecule has 0 aliphatic carbocycles. The fourth-order valence-electron chi connectivity index (χ4n) is 2.08. The van der Waals surface area contributed by atoms with Gasteiger partial charge in [0.1, 0.15) is 5.15 Å². The Morgan fingerprint density at radius 3 is 2.53 bits per heavy atom. The Morgan fingerprint density at radius 2 is 1.95 bits per heavy atom. The quantitative estimate of drug-likeness (QED) is 0.882. The third-order valence-electron chi connectivity index (χ3n) is 3.18. The predicted molar refractivity (Wildman–Crippen MR) is 75.9 cm³/mol. The second kappa shape index (κ2) is 6.19. The van der Waals surface area contributed by atoms with Crippen LogP contribution in [0.4, 0.5) is 0 Å². The first kappa shape index (κ1) is 14.1. The van der Waals surface area contributed by atoms with Crippen LogP contribution < -0.4 is 5.32 Å². The SMILES string of the molecule is Cc1nn(C)c(Cl)c1CNCc1ccccc1CO. The fraction of sp³-hybridized carbons (Fsp3) is 0.357. The molecule has 0 aliphatic heterocycles. The maximum Gasteiger partial charge on any atom is 0.131 e. The third kappa shape index (κ3) is 3.15. The van der Waals surface area contributed by atoms with Gasteiger partial charge in [0.2, 0.25) is 0 Å². The molecule has 2 N–H and O–H groups in total. The van der Waals surface area contributed by atoms with Gasteiger partial charge in [-0.05, 0) is 18.1 Å². The van der Waals surface area contributed by atoms with E-state index in [0.29, 0.717) is 18.2 Å². The van der Waals surface area contributed by atoms with Crippen LogP contribution in [0.2, 0.25) is 5.15 Å². The summed E-state index contributed by atoms with van der Waals surface area (Å²) in [5.41, 5.74) is 4.01. The molecule has 0 atom stereocenters. The molecule has 0 saturated carbocycles. The number of rotatable bonds is 5. The van der Waals surface area contributed by atoms with E-state index >= 15 is 0 Å². The molecule has 102 valence electrons. The van der Waals surface area contributed by atoms with Crippen LogP contribution >= 0.6 is 11.6 Å². The Morgan fingerprint density at radius 1 is 1.26 bits per heavy atom. The predicted octanol–water partition coefficient (Wildman–Crippen LogP) is 2.16. The first-order valence-electron chi connectivity index (χ1n) is 6.19. The summed E-state index contributed by atoms with van der Waals surface area (Å²) in [6.07, 6.45) is 0. The highest BCUT2D eigenvalue weighted by atomic mass is 35.5. The molecule has 2 aromatic rings. The molecular formula is C14H18ClN3O. The topological polar surface area (TPSA) is 50.1 Å². The van der Waals surface area contributed by atoms with Crippen molar-refractivity contribution >= 4 is 11.6 Å². The average molecular weight is 280 g/mol. The molecule has 0 saturated heterocycles. The molecule has 0 unspecified atom stereocenters. The van der Waals surface area contributed by atoms with E-state index in [1.165, 1.54) is 0 Å². The smallest absolute Gasteiger partial charge is 0.131 e. The number of nitrogens with one attached hydrogen (secondary N) is 1. The minimum atomic E-state index is 0.0600. The molecule has 4 nitrogen and oxygen atoms in total. The van der Waals surface area contributed by atoms with Crippen molar-refractivity contribution in [1.82, 2.24) is 15.1 Å². The molecule has 0 aliphatic rings. The van der Waals surface area contributed by atoms with Gasteiger partial charge < -0.3 is 10.4 Å². The lowest BCUT2D eigenvalue weighted by molar-refractivity contribution is 0.280. The molecule has 0 amide bonds. The van der Waals surface area contributed by atoms with E-state index in [9.17, 15) is 5.11 Å². The number of aromatic nitrogens is 2. The van der Waals surface area contributed by atoms with Gasteiger partial charge in [0.25, 0.3) is 0 Å². The van der Waals surface area contributed by atoms with E-state index < -0.39 is 0 Å². The van der Waals surface area contributed by atoms with Crippen LogP contribution in [0.15, 0.2) is 24.3 Å². The Balaban J connectivity index is 2.00. The normalized spacial score (nSPS) is 10.9. The number of aryl methyl sites for hydroxylation is 2. The molecule has 0 spiro atoms. The fourth-order valence-corrected chi connectivity index (χ4v) is 2.32. The van der Waals surface area contributed by atoms with Crippen molar-refractivity contribution in [3.8, 4) is 0 Å². The molecular weight excluding hydrogens is 262 g/mol. The Labute approximate surface area is 118 Å². The number of hydrogen-bond acceptors (Lipinski definition) is 3. The van der Waals surface area contributed by atoms with E-state index in [1.54, 1.807) is 4.68 Å². The molecule has 2 rings (SSSR count). The summed E-state index contributed by atoms with van der Waals surface area (Å²) in [5.74, 6) is 0. The summed E-state index contributed by atoms with van der Waals surface area (Å²) in [4.78, 5) is 0. The number of benzene rings is 1. The van der Waals surface area contributed by atoms with E-state index in [-0.39, 0.29) is 6.61 Å². The van der Waals surface area contributed by atoms with E-state index in [0.717, 1.165) is 22.4 Å². The Bertz CT molecular complexity index is 566. The van der Waals surface area contributed by atoms with Crippen molar-refractivity contribution in [2.75, 3.05) is 0 Å². The molecule has 0 fully saturated rings. The van der Waals surface area contributed by atoms with Crippen LogP contribution in [0.5, 0.6) is 0 Å².